The van der Waals surface area contributed by atoms with Crippen molar-refractivity contribution >= 4 is 11.6 Å². The maximum Gasteiger partial charge on any atom is 0.165 e. The SMILES string of the molecule is C[C@@H](O)c1ccc(OCc2ccc(Cl)c(F)c2)c(F)c1. The second-order valence-corrected chi connectivity index (χ2v) is 4.81. The van der Waals surface area contributed by atoms with Gasteiger partial charge in [0.05, 0.1) is 11.1 Å². The highest BCUT2D eigenvalue weighted by Crippen LogP contribution is 2.23. The van der Waals surface area contributed by atoms with Crippen LogP contribution in [0.2, 0.25) is 5.02 Å². The van der Waals surface area contributed by atoms with Crippen LogP contribution in [-0.4, -0.2) is 5.11 Å². The lowest BCUT2D eigenvalue weighted by Crippen LogP contribution is -1.99. The summed E-state index contributed by atoms with van der Waals surface area (Å²) in [6, 6.07) is 8.48. The zero-order valence-corrected chi connectivity index (χ0v) is 11.5. The van der Waals surface area contributed by atoms with Gasteiger partial charge in [0.2, 0.25) is 0 Å². The van der Waals surface area contributed by atoms with Crippen LogP contribution in [0.25, 0.3) is 0 Å². The Kier molecular flexibility index (Phi) is 4.57. The van der Waals surface area contributed by atoms with Gasteiger partial charge in [0.25, 0.3) is 0 Å². The van der Waals surface area contributed by atoms with E-state index in [1.54, 1.807) is 19.1 Å². The van der Waals surface area contributed by atoms with Gasteiger partial charge in [0.1, 0.15) is 12.4 Å². The lowest BCUT2D eigenvalue weighted by molar-refractivity contribution is 0.198. The average molecular weight is 299 g/mol. The number of ether oxygens (including phenoxy) is 1. The van der Waals surface area contributed by atoms with E-state index in [0.29, 0.717) is 11.1 Å². The van der Waals surface area contributed by atoms with Crippen molar-refractivity contribution in [1.29, 1.82) is 0 Å². The summed E-state index contributed by atoms with van der Waals surface area (Å²) in [5.74, 6) is -1.07. The van der Waals surface area contributed by atoms with Crippen molar-refractivity contribution in [2.75, 3.05) is 0 Å². The number of rotatable bonds is 4. The van der Waals surface area contributed by atoms with Crippen molar-refractivity contribution in [3.05, 3.63) is 64.2 Å². The van der Waals surface area contributed by atoms with Crippen LogP contribution in [0.15, 0.2) is 36.4 Å². The molecule has 0 heterocycles. The highest BCUT2D eigenvalue weighted by atomic mass is 35.5. The lowest BCUT2D eigenvalue weighted by Gasteiger charge is -2.10. The minimum atomic E-state index is -0.746. The fourth-order valence-electron chi connectivity index (χ4n) is 1.68. The molecule has 0 saturated heterocycles. The average Bonchev–Trinajstić information content (AvgIpc) is 2.41. The van der Waals surface area contributed by atoms with Crippen molar-refractivity contribution in [3.8, 4) is 5.75 Å². The highest BCUT2D eigenvalue weighted by Gasteiger charge is 2.09. The van der Waals surface area contributed by atoms with Crippen molar-refractivity contribution in [3.63, 3.8) is 0 Å². The summed E-state index contributed by atoms with van der Waals surface area (Å²) in [5, 5.41) is 9.37. The molecule has 0 saturated carbocycles. The molecule has 2 nitrogen and oxygen atoms in total. The zero-order chi connectivity index (χ0) is 14.7. The number of aliphatic hydroxyl groups excluding tert-OH is 1. The van der Waals surface area contributed by atoms with E-state index in [2.05, 4.69) is 0 Å². The van der Waals surface area contributed by atoms with Crippen LogP contribution in [-0.2, 0) is 6.61 Å². The molecule has 0 radical (unpaired) electrons. The Labute approximate surface area is 120 Å². The Hall–Kier alpha value is -1.65. The van der Waals surface area contributed by atoms with Gasteiger partial charge in [0, 0.05) is 0 Å². The number of benzene rings is 2. The van der Waals surface area contributed by atoms with Gasteiger partial charge in [-0.05, 0) is 42.3 Å². The molecule has 106 valence electrons. The monoisotopic (exact) mass is 298 g/mol. The maximum absolute atomic E-state index is 13.7. The molecule has 2 aromatic carbocycles. The van der Waals surface area contributed by atoms with Crippen LogP contribution >= 0.6 is 11.6 Å². The molecule has 1 atom stereocenters. The molecule has 0 bridgehead atoms. The predicted molar refractivity (Wildman–Crippen MR) is 72.8 cm³/mol. The van der Waals surface area contributed by atoms with E-state index in [4.69, 9.17) is 16.3 Å². The minimum absolute atomic E-state index is 0.0268. The van der Waals surface area contributed by atoms with E-state index in [1.165, 1.54) is 24.3 Å². The Balaban J connectivity index is 2.09. The summed E-state index contributed by atoms with van der Waals surface area (Å²) in [6.07, 6.45) is -0.746. The second-order valence-electron chi connectivity index (χ2n) is 4.40. The van der Waals surface area contributed by atoms with Gasteiger partial charge in [-0.1, -0.05) is 23.7 Å². The van der Waals surface area contributed by atoms with Gasteiger partial charge in [-0.25, -0.2) is 8.78 Å². The minimum Gasteiger partial charge on any atom is -0.486 e. The summed E-state index contributed by atoms with van der Waals surface area (Å²) in [4.78, 5) is 0. The van der Waals surface area contributed by atoms with Gasteiger partial charge in [0.15, 0.2) is 11.6 Å². The molecule has 0 amide bonds. The molecule has 2 rings (SSSR count). The third kappa shape index (κ3) is 3.46. The Bertz CT molecular complexity index is 615. The van der Waals surface area contributed by atoms with Crippen molar-refractivity contribution in [2.24, 2.45) is 0 Å². The number of halogens is 3. The zero-order valence-electron chi connectivity index (χ0n) is 10.7. The summed E-state index contributed by atoms with van der Waals surface area (Å²) < 4.78 is 32.2. The molecule has 2 aromatic rings. The summed E-state index contributed by atoms with van der Waals surface area (Å²) in [5.41, 5.74) is 1.01. The summed E-state index contributed by atoms with van der Waals surface area (Å²) in [6.45, 7) is 1.57. The van der Waals surface area contributed by atoms with Gasteiger partial charge >= 0.3 is 0 Å². The predicted octanol–water partition coefficient (Wildman–Crippen LogP) is 4.25. The van der Waals surface area contributed by atoms with Gasteiger partial charge < -0.3 is 9.84 Å². The molecule has 0 spiro atoms. The Morgan fingerprint density at radius 1 is 1.15 bits per heavy atom. The quantitative estimate of drug-likeness (QED) is 0.914. The molecule has 0 fully saturated rings. The van der Waals surface area contributed by atoms with E-state index in [-0.39, 0.29) is 17.4 Å². The first-order chi connectivity index (χ1) is 9.47. The maximum atomic E-state index is 13.7. The van der Waals surface area contributed by atoms with Crippen molar-refractivity contribution < 1.29 is 18.6 Å². The normalized spacial score (nSPS) is 12.2. The topological polar surface area (TPSA) is 29.5 Å². The van der Waals surface area contributed by atoms with Crippen LogP contribution in [0.1, 0.15) is 24.2 Å². The highest BCUT2D eigenvalue weighted by molar-refractivity contribution is 6.30. The van der Waals surface area contributed by atoms with E-state index in [0.717, 1.165) is 0 Å². The number of hydrogen-bond acceptors (Lipinski definition) is 2. The molecule has 0 aliphatic rings. The molecule has 0 aliphatic heterocycles. The molecular weight excluding hydrogens is 286 g/mol. The second kappa shape index (κ2) is 6.20. The van der Waals surface area contributed by atoms with Crippen LogP contribution < -0.4 is 4.74 Å². The van der Waals surface area contributed by atoms with Gasteiger partial charge in [-0.15, -0.1) is 0 Å². The number of hydrogen-bond donors (Lipinski definition) is 1. The third-order valence-electron chi connectivity index (χ3n) is 2.82. The first-order valence-corrected chi connectivity index (χ1v) is 6.39. The van der Waals surface area contributed by atoms with Crippen molar-refractivity contribution in [1.82, 2.24) is 0 Å². The fourth-order valence-corrected chi connectivity index (χ4v) is 1.80. The van der Waals surface area contributed by atoms with Crippen LogP contribution in [0.5, 0.6) is 5.75 Å². The molecule has 0 unspecified atom stereocenters. The van der Waals surface area contributed by atoms with Crippen LogP contribution in [0.3, 0.4) is 0 Å². The summed E-state index contributed by atoms with van der Waals surface area (Å²) >= 11 is 5.57. The van der Waals surface area contributed by atoms with E-state index in [9.17, 15) is 13.9 Å². The molecule has 5 heteroatoms. The fraction of sp³-hybridized carbons (Fsp3) is 0.200. The van der Waals surface area contributed by atoms with Crippen molar-refractivity contribution in [2.45, 2.75) is 19.6 Å². The molecule has 0 aliphatic carbocycles. The number of aliphatic hydroxyl groups is 1. The molecular formula is C15H13ClF2O2. The molecule has 1 N–H and O–H groups in total. The van der Waals surface area contributed by atoms with Gasteiger partial charge in [-0.3, -0.25) is 0 Å². The van der Waals surface area contributed by atoms with Crippen LogP contribution in [0.4, 0.5) is 8.78 Å². The first-order valence-electron chi connectivity index (χ1n) is 6.01. The third-order valence-corrected chi connectivity index (χ3v) is 3.12. The largest absolute Gasteiger partial charge is 0.486 e. The standard InChI is InChI=1S/C15H13ClF2O2/c1-9(19)11-3-5-15(14(18)7-11)20-8-10-2-4-12(16)13(17)6-10/h2-7,9,19H,8H2,1H3/t9-/m1/s1. The summed E-state index contributed by atoms with van der Waals surface area (Å²) in [7, 11) is 0. The lowest BCUT2D eigenvalue weighted by atomic mass is 10.1. The first kappa shape index (κ1) is 14.8. The van der Waals surface area contributed by atoms with E-state index >= 15 is 0 Å². The van der Waals surface area contributed by atoms with E-state index in [1.807, 2.05) is 0 Å². The molecule has 0 aromatic heterocycles. The van der Waals surface area contributed by atoms with Gasteiger partial charge in [-0.2, -0.15) is 0 Å². The van der Waals surface area contributed by atoms with Crippen LogP contribution in [0, 0.1) is 11.6 Å². The van der Waals surface area contributed by atoms with E-state index < -0.39 is 17.7 Å². The Morgan fingerprint density at radius 3 is 2.50 bits per heavy atom. The molecule has 20 heavy (non-hydrogen) atoms. The Morgan fingerprint density at radius 2 is 1.90 bits per heavy atom. The smallest absolute Gasteiger partial charge is 0.165 e.